The van der Waals surface area contributed by atoms with E-state index in [1.54, 1.807) is 0 Å². The smallest absolute Gasteiger partial charge is 0.224 e. The number of benzene rings is 1. The molecule has 0 saturated heterocycles. The zero-order valence-electron chi connectivity index (χ0n) is 9.76. The predicted octanol–water partition coefficient (Wildman–Crippen LogP) is 4.39. The zero-order chi connectivity index (χ0) is 13.3. The van der Waals surface area contributed by atoms with Crippen molar-refractivity contribution in [2.24, 2.45) is 0 Å². The Morgan fingerprint density at radius 1 is 1.28 bits per heavy atom. The number of hydrogen-bond acceptors (Lipinski definition) is 3. The van der Waals surface area contributed by atoms with Crippen molar-refractivity contribution in [3.05, 3.63) is 45.0 Å². The van der Waals surface area contributed by atoms with Gasteiger partial charge in [0.1, 0.15) is 0 Å². The average molecular weight is 331 g/mol. The molecule has 0 amide bonds. The quantitative estimate of drug-likeness (QED) is 0.830. The first-order valence-electron chi connectivity index (χ1n) is 5.19. The van der Waals surface area contributed by atoms with Crippen molar-refractivity contribution in [2.45, 2.75) is 13.8 Å². The minimum atomic E-state index is -0.551. The first-order valence-corrected chi connectivity index (χ1v) is 6.36. The zero-order valence-corrected chi connectivity index (χ0v) is 12.1. The summed E-state index contributed by atoms with van der Waals surface area (Å²) in [5.41, 5.74) is 2.97. The molecule has 1 aromatic carbocycles. The van der Waals surface area contributed by atoms with Crippen LogP contribution in [0.1, 0.15) is 11.1 Å². The molecule has 1 heterocycles. The molecule has 2 rings (SSSR count). The van der Waals surface area contributed by atoms with E-state index in [4.69, 9.17) is 11.6 Å². The third-order valence-electron chi connectivity index (χ3n) is 2.55. The molecule has 0 aliphatic rings. The van der Waals surface area contributed by atoms with Gasteiger partial charge in [0.25, 0.3) is 0 Å². The molecule has 0 spiro atoms. The highest BCUT2D eigenvalue weighted by Gasteiger charge is 2.09. The highest BCUT2D eigenvalue weighted by molar-refractivity contribution is 9.10. The molecular weight excluding hydrogens is 321 g/mol. The Morgan fingerprint density at radius 2 is 1.94 bits per heavy atom. The number of anilines is 2. The normalized spacial score (nSPS) is 10.5. The van der Waals surface area contributed by atoms with E-state index in [0.717, 1.165) is 27.5 Å². The Labute approximate surface area is 118 Å². The number of hydrogen-bond donors (Lipinski definition) is 1. The maximum Gasteiger partial charge on any atom is 0.224 e. The van der Waals surface area contributed by atoms with Crippen LogP contribution in [0.2, 0.25) is 5.28 Å². The van der Waals surface area contributed by atoms with E-state index in [1.165, 1.54) is 0 Å². The summed E-state index contributed by atoms with van der Waals surface area (Å²) in [6, 6.07) is 3.87. The summed E-state index contributed by atoms with van der Waals surface area (Å²) in [6.07, 6.45) is 1.03. The van der Waals surface area contributed by atoms with Crippen LogP contribution >= 0.6 is 27.5 Å². The predicted molar refractivity (Wildman–Crippen MR) is 73.9 cm³/mol. The van der Waals surface area contributed by atoms with Gasteiger partial charge in [-0.3, -0.25) is 0 Å². The summed E-state index contributed by atoms with van der Waals surface area (Å²) >= 11 is 9.06. The van der Waals surface area contributed by atoms with Crippen LogP contribution in [0.5, 0.6) is 0 Å². The van der Waals surface area contributed by atoms with Crippen LogP contribution in [0.4, 0.5) is 15.9 Å². The summed E-state index contributed by atoms with van der Waals surface area (Å²) in [4.78, 5) is 7.37. The first kappa shape index (κ1) is 13.2. The van der Waals surface area contributed by atoms with Gasteiger partial charge in [0.15, 0.2) is 11.6 Å². The molecule has 6 heteroatoms. The van der Waals surface area contributed by atoms with E-state index in [2.05, 4.69) is 31.2 Å². The molecule has 0 radical (unpaired) electrons. The Bertz CT molecular complexity index is 604. The molecule has 0 fully saturated rings. The monoisotopic (exact) mass is 329 g/mol. The summed E-state index contributed by atoms with van der Waals surface area (Å²) in [5.74, 6) is -0.497. The van der Waals surface area contributed by atoms with Crippen LogP contribution in [0.25, 0.3) is 0 Å². The van der Waals surface area contributed by atoms with Gasteiger partial charge in [-0.2, -0.15) is 4.98 Å². The fourth-order valence-electron chi connectivity index (χ4n) is 1.44. The van der Waals surface area contributed by atoms with Crippen LogP contribution in [0.3, 0.4) is 0 Å². The molecule has 0 atom stereocenters. The van der Waals surface area contributed by atoms with Crippen LogP contribution in [0, 0.1) is 19.7 Å². The van der Waals surface area contributed by atoms with Crippen molar-refractivity contribution in [1.82, 2.24) is 9.97 Å². The number of nitrogens with zero attached hydrogens (tertiary/aromatic N) is 2. The molecule has 2 aromatic rings. The van der Waals surface area contributed by atoms with Gasteiger partial charge in [0.2, 0.25) is 5.28 Å². The molecule has 0 bridgehead atoms. The Hall–Kier alpha value is -1.20. The summed E-state index contributed by atoms with van der Waals surface area (Å²) in [7, 11) is 0. The lowest BCUT2D eigenvalue weighted by Crippen LogP contribution is -2.00. The van der Waals surface area contributed by atoms with Gasteiger partial charge in [-0.15, -0.1) is 0 Å². The van der Waals surface area contributed by atoms with Gasteiger partial charge in [-0.25, -0.2) is 9.37 Å². The number of halogens is 3. The lowest BCUT2D eigenvalue weighted by molar-refractivity contribution is 0.619. The molecule has 0 aliphatic heterocycles. The molecule has 94 valence electrons. The van der Waals surface area contributed by atoms with E-state index in [-0.39, 0.29) is 11.1 Å². The van der Waals surface area contributed by atoms with E-state index in [0.29, 0.717) is 0 Å². The second-order valence-corrected chi connectivity index (χ2v) is 5.07. The number of rotatable bonds is 2. The van der Waals surface area contributed by atoms with E-state index in [9.17, 15) is 4.39 Å². The van der Waals surface area contributed by atoms with Gasteiger partial charge < -0.3 is 5.32 Å². The third kappa shape index (κ3) is 2.79. The second-order valence-electron chi connectivity index (χ2n) is 3.88. The van der Waals surface area contributed by atoms with Crippen LogP contribution in [-0.2, 0) is 0 Å². The van der Waals surface area contributed by atoms with E-state index >= 15 is 0 Å². The highest BCUT2D eigenvalue weighted by atomic mass is 79.9. The number of aryl methyl sites for hydroxylation is 2. The Kier molecular flexibility index (Phi) is 3.82. The largest absolute Gasteiger partial charge is 0.337 e. The van der Waals surface area contributed by atoms with Crippen molar-refractivity contribution >= 4 is 39.0 Å². The Balaban J connectivity index is 2.40. The second kappa shape index (κ2) is 5.20. The summed E-state index contributed by atoms with van der Waals surface area (Å²) < 4.78 is 14.3. The van der Waals surface area contributed by atoms with Crippen LogP contribution in [-0.4, -0.2) is 9.97 Å². The van der Waals surface area contributed by atoms with Crippen molar-refractivity contribution in [3.63, 3.8) is 0 Å². The number of nitrogens with one attached hydrogen (secondary N) is 1. The lowest BCUT2D eigenvalue weighted by Gasteiger charge is -2.11. The molecule has 3 nitrogen and oxygen atoms in total. The van der Waals surface area contributed by atoms with Crippen molar-refractivity contribution < 1.29 is 4.39 Å². The van der Waals surface area contributed by atoms with Crippen LogP contribution in [0.15, 0.2) is 22.8 Å². The van der Waals surface area contributed by atoms with Crippen molar-refractivity contribution in [2.75, 3.05) is 5.32 Å². The van der Waals surface area contributed by atoms with Gasteiger partial charge in [0.05, 0.1) is 11.9 Å². The average Bonchev–Trinajstić information content (AvgIpc) is 2.30. The topological polar surface area (TPSA) is 37.8 Å². The molecule has 0 unspecified atom stereocenters. The molecular formula is C12H10BrClFN3. The minimum absolute atomic E-state index is 0.00106. The maximum atomic E-state index is 13.5. The van der Waals surface area contributed by atoms with E-state index in [1.807, 2.05) is 26.0 Å². The van der Waals surface area contributed by atoms with E-state index < -0.39 is 5.82 Å². The minimum Gasteiger partial charge on any atom is -0.337 e. The first-order chi connectivity index (χ1) is 8.47. The molecule has 0 aliphatic carbocycles. The fourth-order valence-corrected chi connectivity index (χ4v) is 2.13. The van der Waals surface area contributed by atoms with Crippen molar-refractivity contribution in [3.8, 4) is 0 Å². The molecule has 1 aromatic heterocycles. The van der Waals surface area contributed by atoms with Crippen LogP contribution < -0.4 is 5.32 Å². The fraction of sp³-hybridized carbons (Fsp3) is 0.167. The SMILES string of the molecule is Cc1cc(Br)c(Nc2nc(Cl)ncc2F)cc1C. The molecule has 1 N–H and O–H groups in total. The van der Waals surface area contributed by atoms with Gasteiger partial charge in [-0.1, -0.05) is 0 Å². The Morgan fingerprint density at radius 3 is 2.67 bits per heavy atom. The van der Waals surface area contributed by atoms with Gasteiger partial charge >= 0.3 is 0 Å². The summed E-state index contributed by atoms with van der Waals surface area (Å²) in [5, 5.41) is 2.89. The van der Waals surface area contributed by atoms with Crippen molar-refractivity contribution in [1.29, 1.82) is 0 Å². The third-order valence-corrected chi connectivity index (χ3v) is 3.39. The van der Waals surface area contributed by atoms with Gasteiger partial charge in [0, 0.05) is 4.47 Å². The maximum absolute atomic E-state index is 13.5. The lowest BCUT2D eigenvalue weighted by atomic mass is 10.1. The molecule has 18 heavy (non-hydrogen) atoms. The highest BCUT2D eigenvalue weighted by Crippen LogP contribution is 2.29. The summed E-state index contributed by atoms with van der Waals surface area (Å²) in [6.45, 7) is 3.99. The molecule has 0 saturated carbocycles. The standard InChI is InChI=1S/C12H10BrClFN3/c1-6-3-8(13)10(4-7(6)2)17-11-9(15)5-16-12(14)18-11/h3-5H,1-2H3,(H,16,17,18). The number of aromatic nitrogens is 2. The van der Waals surface area contributed by atoms with Gasteiger partial charge in [-0.05, 0) is 64.6 Å².